The quantitative estimate of drug-likeness (QED) is 0.575. The molecule has 17 heavy (non-hydrogen) atoms. The molecule has 2 aliphatic rings. The van der Waals surface area contributed by atoms with Gasteiger partial charge in [-0.05, 0) is 5.56 Å². The first-order valence-electron chi connectivity index (χ1n) is 5.32. The van der Waals surface area contributed by atoms with Crippen molar-refractivity contribution in [2.75, 3.05) is 14.1 Å². The van der Waals surface area contributed by atoms with Crippen LogP contribution in [0.15, 0.2) is 41.6 Å². The molecule has 2 aliphatic heterocycles. The van der Waals surface area contributed by atoms with Gasteiger partial charge in [0.05, 0.1) is 11.9 Å². The van der Waals surface area contributed by atoms with E-state index in [4.69, 9.17) is 0 Å². The minimum atomic E-state index is 0. The van der Waals surface area contributed by atoms with Crippen molar-refractivity contribution >= 4 is 12.0 Å². The Kier molecular flexibility index (Phi) is 3.28. The van der Waals surface area contributed by atoms with Crippen LogP contribution in [0.4, 0.5) is 0 Å². The number of benzene rings is 1. The summed E-state index contributed by atoms with van der Waals surface area (Å²) in [5, 5.41) is 6.30. The summed E-state index contributed by atoms with van der Waals surface area (Å²) in [5.41, 5.74) is 2.43. The van der Waals surface area contributed by atoms with Gasteiger partial charge in [-0.15, -0.1) is 0 Å². The fraction of sp³-hybridized carbons (Fsp3) is 0.250. The summed E-state index contributed by atoms with van der Waals surface area (Å²) >= 11 is 0. The third kappa shape index (κ3) is 1.88. The summed E-state index contributed by atoms with van der Waals surface area (Å²) in [6, 6.07) is 10.4. The smallest absolute Gasteiger partial charge is 0.201 e. The molecule has 4 nitrogen and oxygen atoms in total. The summed E-state index contributed by atoms with van der Waals surface area (Å²) in [5.74, 6) is 0. The van der Waals surface area contributed by atoms with Crippen molar-refractivity contribution in [1.82, 2.24) is 14.8 Å². The van der Waals surface area contributed by atoms with E-state index in [0.717, 1.165) is 0 Å². The number of nitrogens with zero attached hydrogens (tertiary/aromatic N) is 4. The van der Waals surface area contributed by atoms with E-state index in [1.807, 2.05) is 24.5 Å². The van der Waals surface area contributed by atoms with Crippen molar-refractivity contribution in [3.8, 4) is 0 Å². The Bertz CT molecular complexity index is 457. The van der Waals surface area contributed by atoms with Crippen molar-refractivity contribution < 1.29 is 24.0 Å². The van der Waals surface area contributed by atoms with Crippen molar-refractivity contribution in [3.63, 3.8) is 0 Å². The summed E-state index contributed by atoms with van der Waals surface area (Å²) in [6.07, 6.45) is 4.12. The lowest BCUT2D eigenvalue weighted by atomic mass is 10.1. The minimum Gasteiger partial charge on any atom is -1.00 e. The predicted molar refractivity (Wildman–Crippen MR) is 64.1 cm³/mol. The van der Waals surface area contributed by atoms with Crippen LogP contribution in [-0.4, -0.2) is 41.5 Å². The lowest BCUT2D eigenvalue weighted by molar-refractivity contribution is -0.00000330. The molecule has 0 spiro atoms. The molecule has 2 heterocycles. The fourth-order valence-corrected chi connectivity index (χ4v) is 2.23. The van der Waals surface area contributed by atoms with Crippen LogP contribution >= 0.6 is 0 Å². The molecule has 5 heteroatoms. The Morgan fingerprint density at radius 1 is 1.12 bits per heavy atom. The van der Waals surface area contributed by atoms with Gasteiger partial charge in [-0.25, -0.2) is 5.01 Å². The zero-order valence-electron chi connectivity index (χ0n) is 9.79. The summed E-state index contributed by atoms with van der Waals surface area (Å²) in [7, 11) is 4.13. The highest BCUT2D eigenvalue weighted by atomic mass is 127. The number of rotatable bonds is 1. The van der Waals surface area contributed by atoms with Gasteiger partial charge in [0, 0.05) is 14.1 Å². The topological polar surface area (TPSA) is 22.1 Å². The van der Waals surface area contributed by atoms with Gasteiger partial charge < -0.3 is 33.8 Å². The second kappa shape index (κ2) is 4.56. The van der Waals surface area contributed by atoms with E-state index in [-0.39, 0.29) is 30.3 Å². The molecule has 0 saturated carbocycles. The maximum absolute atomic E-state index is 4.32. The van der Waals surface area contributed by atoms with Gasteiger partial charge in [-0.3, -0.25) is 0 Å². The van der Waals surface area contributed by atoms with Gasteiger partial charge in [0.2, 0.25) is 6.29 Å². The average Bonchev–Trinajstić information content (AvgIpc) is 2.83. The van der Waals surface area contributed by atoms with Crippen molar-refractivity contribution in [2.24, 2.45) is 5.10 Å². The Labute approximate surface area is 118 Å². The van der Waals surface area contributed by atoms with E-state index < -0.39 is 0 Å². The Morgan fingerprint density at radius 3 is 2.47 bits per heavy atom. The Morgan fingerprint density at radius 2 is 1.82 bits per heavy atom. The molecule has 90 valence electrons. The standard InChI is InChI=1S/C12H14N4.HI/c1-14-9-13-16-8-11(15(2)12(14)16)10-6-4-3-5-7-10;/h3-9,12H,1-2H3;1H/p-1. The van der Waals surface area contributed by atoms with Crippen LogP contribution in [0.2, 0.25) is 0 Å². The van der Waals surface area contributed by atoms with E-state index >= 15 is 0 Å². The van der Waals surface area contributed by atoms with Gasteiger partial charge >= 0.3 is 0 Å². The second-order valence-electron chi connectivity index (χ2n) is 4.11. The van der Waals surface area contributed by atoms with E-state index in [9.17, 15) is 0 Å². The number of hydrogen-bond donors (Lipinski definition) is 0. The van der Waals surface area contributed by atoms with E-state index in [2.05, 4.69) is 52.4 Å². The fourth-order valence-electron chi connectivity index (χ4n) is 2.23. The highest BCUT2D eigenvalue weighted by molar-refractivity contribution is 5.68. The molecular formula is C12H14IN4-. The molecule has 0 aromatic heterocycles. The lowest BCUT2D eigenvalue weighted by Crippen LogP contribution is -3.00. The lowest BCUT2D eigenvalue weighted by Gasteiger charge is -2.29. The highest BCUT2D eigenvalue weighted by Crippen LogP contribution is 2.31. The van der Waals surface area contributed by atoms with Crippen molar-refractivity contribution in [1.29, 1.82) is 0 Å². The first kappa shape index (κ1) is 12.2. The van der Waals surface area contributed by atoms with Crippen LogP contribution in [0.3, 0.4) is 0 Å². The molecule has 0 aliphatic carbocycles. The van der Waals surface area contributed by atoms with Gasteiger partial charge in [0.25, 0.3) is 0 Å². The number of halogens is 1. The first-order valence-corrected chi connectivity index (χ1v) is 5.32. The SMILES string of the molecule is CN1C=NN2C=C(c3ccccc3)N(C)C12.[I-]. The molecule has 1 unspecified atom stereocenters. The number of hydrogen-bond acceptors (Lipinski definition) is 4. The Balaban J connectivity index is 0.00000108. The van der Waals surface area contributed by atoms with E-state index in [0.29, 0.717) is 0 Å². The zero-order valence-corrected chi connectivity index (χ0v) is 11.9. The number of fused-ring (bicyclic) bond motifs is 1. The predicted octanol–water partition coefficient (Wildman–Crippen LogP) is -1.59. The van der Waals surface area contributed by atoms with Gasteiger partial charge in [0.15, 0.2) is 0 Å². The summed E-state index contributed by atoms with van der Waals surface area (Å²) in [4.78, 5) is 4.31. The number of hydrazone groups is 1. The summed E-state index contributed by atoms with van der Waals surface area (Å²) < 4.78 is 0. The van der Waals surface area contributed by atoms with E-state index in [1.54, 1.807) is 0 Å². The Hall–Kier alpha value is -1.24. The van der Waals surface area contributed by atoms with Crippen molar-refractivity contribution in [3.05, 3.63) is 42.1 Å². The molecular weight excluding hydrogens is 327 g/mol. The molecule has 0 radical (unpaired) electrons. The van der Waals surface area contributed by atoms with Crippen LogP contribution in [-0.2, 0) is 0 Å². The third-order valence-electron chi connectivity index (χ3n) is 3.02. The zero-order chi connectivity index (χ0) is 11.1. The van der Waals surface area contributed by atoms with Gasteiger partial charge in [-0.2, -0.15) is 5.10 Å². The molecule has 0 fully saturated rings. The average molecular weight is 341 g/mol. The molecule has 0 bridgehead atoms. The van der Waals surface area contributed by atoms with Gasteiger partial charge in [-0.1, -0.05) is 30.3 Å². The highest BCUT2D eigenvalue weighted by Gasteiger charge is 2.35. The van der Waals surface area contributed by atoms with Crippen LogP contribution in [0.25, 0.3) is 5.70 Å². The van der Waals surface area contributed by atoms with Crippen molar-refractivity contribution in [2.45, 2.75) is 6.29 Å². The monoisotopic (exact) mass is 341 g/mol. The molecule has 1 atom stereocenters. The van der Waals surface area contributed by atoms with Crippen LogP contribution in [0.1, 0.15) is 5.56 Å². The van der Waals surface area contributed by atoms with E-state index in [1.165, 1.54) is 11.3 Å². The molecule has 1 aromatic rings. The maximum Gasteiger partial charge on any atom is 0.201 e. The molecule has 1 aromatic carbocycles. The van der Waals surface area contributed by atoms with Crippen LogP contribution in [0.5, 0.6) is 0 Å². The normalized spacial score (nSPS) is 21.4. The first-order chi connectivity index (χ1) is 7.77. The second-order valence-corrected chi connectivity index (χ2v) is 4.11. The molecule has 3 rings (SSSR count). The molecule has 0 saturated heterocycles. The minimum absolute atomic E-state index is 0. The van der Waals surface area contributed by atoms with Gasteiger partial charge in [0.1, 0.15) is 6.34 Å². The summed E-state index contributed by atoms with van der Waals surface area (Å²) in [6.45, 7) is 0. The molecule has 0 amide bonds. The third-order valence-corrected chi connectivity index (χ3v) is 3.02. The largest absolute Gasteiger partial charge is 1.00 e. The van der Waals surface area contributed by atoms with Crippen LogP contribution < -0.4 is 24.0 Å². The molecule has 0 N–H and O–H groups in total. The van der Waals surface area contributed by atoms with Crippen LogP contribution in [0, 0.1) is 0 Å². The maximum atomic E-state index is 4.32.